The summed E-state index contributed by atoms with van der Waals surface area (Å²) < 4.78 is 4.58. The maximum atomic E-state index is 11.9. The van der Waals surface area contributed by atoms with Crippen LogP contribution in [-0.4, -0.2) is 22.6 Å². The highest BCUT2D eigenvalue weighted by Gasteiger charge is 2.23. The summed E-state index contributed by atoms with van der Waals surface area (Å²) in [6.45, 7) is 6.87. The third kappa shape index (κ3) is 4.95. The van der Waals surface area contributed by atoms with Crippen LogP contribution >= 0.6 is 0 Å². The molecule has 0 radical (unpaired) electrons. The Bertz CT molecular complexity index is 343. The van der Waals surface area contributed by atoms with Gasteiger partial charge < -0.3 is 15.6 Å². The Kier molecular flexibility index (Phi) is 4.62. The lowest BCUT2D eigenvalue weighted by molar-refractivity contribution is -0.125. The largest absolute Gasteiger partial charge is 0.348 e. The molecular formula is C11H20N4O2. The van der Waals surface area contributed by atoms with Crippen LogP contribution in [-0.2, 0) is 11.3 Å². The number of amides is 1. The zero-order valence-electron chi connectivity index (χ0n) is 10.6. The van der Waals surface area contributed by atoms with Gasteiger partial charge in [0.1, 0.15) is 0 Å². The van der Waals surface area contributed by atoms with E-state index in [1.165, 1.54) is 6.39 Å². The van der Waals surface area contributed by atoms with Crippen molar-refractivity contribution in [1.29, 1.82) is 0 Å². The Morgan fingerprint density at radius 1 is 1.59 bits per heavy atom. The minimum absolute atomic E-state index is 0.0628. The molecule has 0 saturated heterocycles. The average Bonchev–Trinajstić information content (AvgIpc) is 2.74. The van der Waals surface area contributed by atoms with Crippen molar-refractivity contribution in [2.75, 3.05) is 6.54 Å². The normalized spacial score (nSPS) is 13.4. The second-order valence-corrected chi connectivity index (χ2v) is 5.26. The van der Waals surface area contributed by atoms with Crippen molar-refractivity contribution in [2.45, 2.75) is 33.7 Å². The van der Waals surface area contributed by atoms with Crippen LogP contribution in [0.2, 0.25) is 0 Å². The topological polar surface area (TPSA) is 94.0 Å². The molecule has 1 rings (SSSR count). The molecule has 0 fully saturated rings. The molecule has 96 valence electrons. The summed E-state index contributed by atoms with van der Waals surface area (Å²) in [4.78, 5) is 15.7. The molecule has 17 heavy (non-hydrogen) atoms. The molecule has 1 aromatic heterocycles. The summed E-state index contributed by atoms with van der Waals surface area (Å²) in [6, 6.07) is 0. The lowest BCUT2D eigenvalue weighted by Crippen LogP contribution is -2.37. The van der Waals surface area contributed by atoms with E-state index in [-0.39, 0.29) is 23.8 Å². The second kappa shape index (κ2) is 5.77. The third-order valence-electron chi connectivity index (χ3n) is 2.34. The smallest absolute Gasteiger partial charge is 0.224 e. The van der Waals surface area contributed by atoms with Gasteiger partial charge in [0.05, 0.1) is 12.5 Å². The standard InChI is InChI=1S/C11H20N4O2/c1-11(2,3)4-8(5-12)10(16)13-6-9-14-7-17-15-9/h7-8H,4-6,12H2,1-3H3,(H,13,16). The SMILES string of the molecule is CC(C)(C)CC(CN)C(=O)NCc1ncon1. The fraction of sp³-hybridized carbons (Fsp3) is 0.727. The molecule has 6 nitrogen and oxygen atoms in total. The van der Waals surface area contributed by atoms with Crippen LogP contribution in [0, 0.1) is 11.3 Å². The van der Waals surface area contributed by atoms with Crippen LogP contribution in [0.3, 0.4) is 0 Å². The Morgan fingerprint density at radius 2 is 2.29 bits per heavy atom. The zero-order chi connectivity index (χ0) is 12.9. The lowest BCUT2D eigenvalue weighted by Gasteiger charge is -2.24. The molecule has 0 saturated carbocycles. The number of aromatic nitrogens is 2. The molecule has 1 amide bonds. The van der Waals surface area contributed by atoms with Crippen molar-refractivity contribution >= 4 is 5.91 Å². The van der Waals surface area contributed by atoms with Crippen LogP contribution in [0.5, 0.6) is 0 Å². The minimum atomic E-state index is -0.179. The molecule has 1 heterocycles. The molecule has 6 heteroatoms. The van der Waals surface area contributed by atoms with E-state index in [0.717, 1.165) is 6.42 Å². The van der Waals surface area contributed by atoms with Gasteiger partial charge in [0, 0.05) is 6.54 Å². The molecule has 0 spiro atoms. The molecule has 1 unspecified atom stereocenters. The first-order valence-corrected chi connectivity index (χ1v) is 5.65. The average molecular weight is 240 g/mol. The van der Waals surface area contributed by atoms with Crippen LogP contribution in [0.4, 0.5) is 0 Å². The first-order valence-electron chi connectivity index (χ1n) is 5.65. The summed E-state index contributed by atoms with van der Waals surface area (Å²) in [6.07, 6.45) is 1.98. The highest BCUT2D eigenvalue weighted by atomic mass is 16.5. The number of carbonyl (C=O) groups is 1. The highest BCUT2D eigenvalue weighted by molar-refractivity contribution is 5.78. The molecule has 1 atom stereocenters. The first kappa shape index (κ1) is 13.6. The number of nitrogens with one attached hydrogen (secondary N) is 1. The molecule has 0 aliphatic rings. The van der Waals surface area contributed by atoms with Crippen LogP contribution < -0.4 is 11.1 Å². The molecule has 0 aromatic carbocycles. The van der Waals surface area contributed by atoms with Crippen molar-refractivity contribution in [3.05, 3.63) is 12.2 Å². The number of hydrogen-bond acceptors (Lipinski definition) is 5. The number of rotatable bonds is 5. The molecule has 0 aliphatic heterocycles. The summed E-state index contributed by atoms with van der Waals surface area (Å²) in [5.74, 6) is 0.221. The first-order chi connectivity index (χ1) is 7.92. The number of nitrogens with zero attached hydrogens (tertiary/aromatic N) is 2. The fourth-order valence-corrected chi connectivity index (χ4v) is 1.60. The van der Waals surface area contributed by atoms with Gasteiger partial charge in [0.25, 0.3) is 0 Å². The van der Waals surface area contributed by atoms with Crippen molar-refractivity contribution in [1.82, 2.24) is 15.5 Å². The number of nitrogens with two attached hydrogens (primary N) is 1. The van der Waals surface area contributed by atoms with E-state index >= 15 is 0 Å². The van der Waals surface area contributed by atoms with Gasteiger partial charge in [-0.05, 0) is 11.8 Å². The fourth-order valence-electron chi connectivity index (χ4n) is 1.60. The van der Waals surface area contributed by atoms with E-state index in [4.69, 9.17) is 5.73 Å². The Balaban J connectivity index is 2.44. The van der Waals surface area contributed by atoms with E-state index < -0.39 is 0 Å². The lowest BCUT2D eigenvalue weighted by atomic mass is 9.84. The van der Waals surface area contributed by atoms with Crippen molar-refractivity contribution < 1.29 is 9.32 Å². The van der Waals surface area contributed by atoms with E-state index in [1.54, 1.807) is 0 Å². The summed E-state index contributed by atoms with van der Waals surface area (Å²) in [5.41, 5.74) is 5.70. The molecule has 3 N–H and O–H groups in total. The molecular weight excluding hydrogens is 220 g/mol. The van der Waals surface area contributed by atoms with Crippen LogP contribution in [0.25, 0.3) is 0 Å². The van der Waals surface area contributed by atoms with E-state index in [2.05, 4.69) is 40.8 Å². The quantitative estimate of drug-likeness (QED) is 0.790. The van der Waals surface area contributed by atoms with Gasteiger partial charge in [-0.3, -0.25) is 4.79 Å². The van der Waals surface area contributed by atoms with Gasteiger partial charge in [-0.1, -0.05) is 25.9 Å². The van der Waals surface area contributed by atoms with Gasteiger partial charge in [-0.2, -0.15) is 4.98 Å². The summed E-state index contributed by atoms with van der Waals surface area (Å²) >= 11 is 0. The maximum Gasteiger partial charge on any atom is 0.224 e. The van der Waals surface area contributed by atoms with Gasteiger partial charge >= 0.3 is 0 Å². The monoisotopic (exact) mass is 240 g/mol. The predicted molar refractivity (Wildman–Crippen MR) is 62.8 cm³/mol. The maximum absolute atomic E-state index is 11.9. The summed E-state index contributed by atoms with van der Waals surface area (Å²) in [7, 11) is 0. The highest BCUT2D eigenvalue weighted by Crippen LogP contribution is 2.23. The van der Waals surface area contributed by atoms with Crippen molar-refractivity contribution in [3.63, 3.8) is 0 Å². The summed E-state index contributed by atoms with van der Waals surface area (Å²) in [5, 5.41) is 6.37. The van der Waals surface area contributed by atoms with E-state index in [0.29, 0.717) is 12.4 Å². The number of carbonyl (C=O) groups excluding carboxylic acids is 1. The van der Waals surface area contributed by atoms with Gasteiger partial charge in [0.2, 0.25) is 12.3 Å². The van der Waals surface area contributed by atoms with Crippen molar-refractivity contribution in [2.24, 2.45) is 17.1 Å². The van der Waals surface area contributed by atoms with Gasteiger partial charge in [0.15, 0.2) is 5.82 Å². The van der Waals surface area contributed by atoms with Crippen LogP contribution in [0.15, 0.2) is 10.9 Å². The predicted octanol–water partition coefficient (Wildman–Crippen LogP) is 0.697. The van der Waals surface area contributed by atoms with Gasteiger partial charge in [-0.25, -0.2) is 0 Å². The minimum Gasteiger partial charge on any atom is -0.348 e. The van der Waals surface area contributed by atoms with Gasteiger partial charge in [-0.15, -0.1) is 0 Å². The van der Waals surface area contributed by atoms with E-state index in [9.17, 15) is 4.79 Å². The zero-order valence-corrected chi connectivity index (χ0v) is 10.6. The Morgan fingerprint density at radius 3 is 2.76 bits per heavy atom. The molecule has 1 aromatic rings. The molecule has 0 aliphatic carbocycles. The van der Waals surface area contributed by atoms with Crippen molar-refractivity contribution in [3.8, 4) is 0 Å². The second-order valence-electron chi connectivity index (χ2n) is 5.26. The molecule has 0 bridgehead atoms. The Labute approximate surface area is 101 Å². The van der Waals surface area contributed by atoms with Crippen LogP contribution in [0.1, 0.15) is 33.0 Å². The van der Waals surface area contributed by atoms with E-state index in [1.807, 2.05) is 0 Å². The third-order valence-corrected chi connectivity index (χ3v) is 2.34. The Hall–Kier alpha value is -1.43. The number of hydrogen-bond donors (Lipinski definition) is 2.